The first-order chi connectivity index (χ1) is 11.3. The third kappa shape index (κ3) is 3.62. The first-order valence-electron chi connectivity index (χ1n) is 7.52. The number of hydrogen-bond donors (Lipinski definition) is 1. The maximum absolute atomic E-state index is 13.1. The van der Waals surface area contributed by atoms with Gasteiger partial charge in [0.15, 0.2) is 0 Å². The monoisotopic (exact) mass is 355 g/mol. The van der Waals surface area contributed by atoms with Gasteiger partial charge in [0.2, 0.25) is 10.0 Å². The Morgan fingerprint density at radius 2 is 1.54 bits per heavy atom. The molecule has 0 amide bonds. The van der Waals surface area contributed by atoms with Crippen molar-refractivity contribution in [2.24, 2.45) is 5.92 Å². The Balaban J connectivity index is 1.97. The lowest BCUT2D eigenvalue weighted by Gasteiger charge is -2.20. The number of alkyl halides is 3. The van der Waals surface area contributed by atoms with Gasteiger partial charge in [-0.1, -0.05) is 42.5 Å². The van der Waals surface area contributed by atoms with Crippen LogP contribution in [0.5, 0.6) is 0 Å². The molecule has 0 bridgehead atoms. The fourth-order valence-electron chi connectivity index (χ4n) is 2.69. The molecule has 1 saturated carbocycles. The van der Waals surface area contributed by atoms with Crippen LogP contribution in [-0.2, 0) is 16.2 Å². The van der Waals surface area contributed by atoms with Crippen molar-refractivity contribution in [3.8, 4) is 0 Å². The molecule has 7 heteroatoms. The smallest absolute Gasteiger partial charge is 0.207 e. The Hall–Kier alpha value is -1.86. The van der Waals surface area contributed by atoms with Crippen molar-refractivity contribution in [2.75, 3.05) is 0 Å². The first-order valence-corrected chi connectivity index (χ1v) is 9.01. The van der Waals surface area contributed by atoms with Gasteiger partial charge in [-0.25, -0.2) is 13.1 Å². The van der Waals surface area contributed by atoms with Gasteiger partial charge in [0.05, 0.1) is 10.5 Å². The molecule has 0 heterocycles. The predicted molar refractivity (Wildman–Crippen MR) is 83.7 cm³/mol. The van der Waals surface area contributed by atoms with Gasteiger partial charge in [-0.05, 0) is 36.5 Å². The molecule has 1 fully saturated rings. The minimum atomic E-state index is -4.73. The van der Waals surface area contributed by atoms with E-state index in [-0.39, 0.29) is 5.92 Å². The molecule has 3 nitrogen and oxygen atoms in total. The fraction of sp³-hybridized carbons (Fsp3) is 0.294. The van der Waals surface area contributed by atoms with E-state index >= 15 is 0 Å². The Labute approximate surface area is 138 Å². The molecule has 3 rings (SSSR count). The van der Waals surface area contributed by atoms with Crippen LogP contribution in [-0.4, -0.2) is 8.42 Å². The number of halogens is 3. The van der Waals surface area contributed by atoms with E-state index in [0.717, 1.165) is 30.5 Å². The highest BCUT2D eigenvalue weighted by Crippen LogP contribution is 2.42. The normalized spacial score (nSPS) is 16.8. The molecule has 0 spiro atoms. The summed E-state index contributed by atoms with van der Waals surface area (Å²) in [6.45, 7) is 0. The van der Waals surface area contributed by atoms with Crippen LogP contribution in [0, 0.1) is 5.92 Å². The van der Waals surface area contributed by atoms with Crippen LogP contribution in [0.15, 0.2) is 59.5 Å². The number of hydrogen-bond acceptors (Lipinski definition) is 2. The maximum atomic E-state index is 13.1. The third-order valence-corrected chi connectivity index (χ3v) is 5.52. The second-order valence-corrected chi connectivity index (χ2v) is 7.52. The zero-order valence-corrected chi connectivity index (χ0v) is 13.4. The maximum Gasteiger partial charge on any atom is 0.417 e. The van der Waals surface area contributed by atoms with E-state index in [0.29, 0.717) is 0 Å². The molecule has 0 aromatic heterocycles. The average Bonchev–Trinajstić information content (AvgIpc) is 3.37. The third-order valence-electron chi connectivity index (χ3n) is 4.02. The van der Waals surface area contributed by atoms with Gasteiger partial charge in [-0.3, -0.25) is 0 Å². The lowest BCUT2D eigenvalue weighted by Crippen LogP contribution is -2.31. The van der Waals surface area contributed by atoms with Crippen molar-refractivity contribution >= 4 is 10.0 Å². The van der Waals surface area contributed by atoms with Gasteiger partial charge in [0.25, 0.3) is 0 Å². The molecule has 0 radical (unpaired) electrons. The summed E-state index contributed by atoms with van der Waals surface area (Å²) < 4.78 is 67.0. The first kappa shape index (κ1) is 17.0. The molecule has 1 unspecified atom stereocenters. The van der Waals surface area contributed by atoms with Gasteiger partial charge >= 0.3 is 6.18 Å². The van der Waals surface area contributed by atoms with Crippen molar-refractivity contribution in [3.63, 3.8) is 0 Å². The molecular formula is C17H16F3NO2S. The standard InChI is InChI=1S/C17H16F3NO2S/c18-17(19,20)14-8-4-5-9-15(14)24(22,23)21-16(13-10-11-13)12-6-2-1-3-7-12/h1-9,13,16,21H,10-11H2. The van der Waals surface area contributed by atoms with Crippen molar-refractivity contribution < 1.29 is 21.6 Å². The number of rotatable bonds is 5. The van der Waals surface area contributed by atoms with Crippen LogP contribution >= 0.6 is 0 Å². The van der Waals surface area contributed by atoms with Gasteiger partial charge in [0, 0.05) is 6.04 Å². The van der Waals surface area contributed by atoms with E-state index in [1.54, 1.807) is 30.3 Å². The second kappa shape index (κ2) is 6.22. The average molecular weight is 355 g/mol. The molecule has 1 N–H and O–H groups in total. The highest BCUT2D eigenvalue weighted by Gasteiger charge is 2.40. The van der Waals surface area contributed by atoms with Crippen LogP contribution in [0.25, 0.3) is 0 Å². The summed E-state index contributed by atoms with van der Waals surface area (Å²) in [6.07, 6.45) is -3.03. The van der Waals surface area contributed by atoms with E-state index in [1.165, 1.54) is 12.1 Å². The fourth-order valence-corrected chi connectivity index (χ4v) is 4.21. The van der Waals surface area contributed by atoms with E-state index in [4.69, 9.17) is 0 Å². The van der Waals surface area contributed by atoms with E-state index in [2.05, 4.69) is 4.72 Å². The zero-order valence-electron chi connectivity index (χ0n) is 12.6. The highest BCUT2D eigenvalue weighted by atomic mass is 32.2. The van der Waals surface area contributed by atoms with Crippen LogP contribution in [0.4, 0.5) is 13.2 Å². The molecule has 2 aromatic rings. The van der Waals surface area contributed by atoms with Crippen molar-refractivity contribution in [1.29, 1.82) is 0 Å². The Morgan fingerprint density at radius 1 is 0.958 bits per heavy atom. The van der Waals surface area contributed by atoms with Gasteiger partial charge in [-0.2, -0.15) is 13.2 Å². The van der Waals surface area contributed by atoms with Crippen molar-refractivity contribution in [1.82, 2.24) is 4.72 Å². The molecule has 1 atom stereocenters. The second-order valence-electron chi connectivity index (χ2n) is 5.84. The summed E-state index contributed by atoms with van der Waals surface area (Å²) in [7, 11) is -4.30. The lowest BCUT2D eigenvalue weighted by molar-refractivity contribution is -0.139. The predicted octanol–water partition coefficient (Wildman–Crippen LogP) is 4.14. The summed E-state index contributed by atoms with van der Waals surface area (Å²) in [5, 5.41) is 0. The largest absolute Gasteiger partial charge is 0.417 e. The van der Waals surface area contributed by atoms with Crippen LogP contribution in [0.3, 0.4) is 0 Å². The van der Waals surface area contributed by atoms with E-state index < -0.39 is 32.7 Å². The summed E-state index contributed by atoms with van der Waals surface area (Å²) in [6, 6.07) is 12.6. The minimum absolute atomic E-state index is 0.111. The van der Waals surface area contributed by atoms with Crippen molar-refractivity contribution in [3.05, 3.63) is 65.7 Å². The summed E-state index contributed by atoms with van der Waals surface area (Å²) >= 11 is 0. The topological polar surface area (TPSA) is 46.2 Å². The number of sulfonamides is 1. The number of benzene rings is 2. The SMILES string of the molecule is O=S(=O)(NC(c1ccccc1)C1CC1)c1ccccc1C(F)(F)F. The van der Waals surface area contributed by atoms with Gasteiger partial charge in [0.1, 0.15) is 0 Å². The van der Waals surface area contributed by atoms with Crippen LogP contribution in [0.1, 0.15) is 30.0 Å². The summed E-state index contributed by atoms with van der Waals surface area (Å²) in [5.41, 5.74) is -0.395. The molecule has 24 heavy (non-hydrogen) atoms. The molecule has 1 aliphatic carbocycles. The lowest BCUT2D eigenvalue weighted by atomic mass is 10.0. The minimum Gasteiger partial charge on any atom is -0.207 e. The van der Waals surface area contributed by atoms with E-state index in [1.807, 2.05) is 0 Å². The Morgan fingerprint density at radius 3 is 2.12 bits per heavy atom. The molecule has 128 valence electrons. The molecule has 1 aliphatic rings. The molecule has 0 aliphatic heterocycles. The Bertz CT molecular complexity index is 815. The Kier molecular flexibility index (Phi) is 4.40. The molecule has 0 saturated heterocycles. The molecular weight excluding hydrogens is 339 g/mol. The van der Waals surface area contributed by atoms with Crippen LogP contribution < -0.4 is 4.72 Å². The summed E-state index contributed by atoms with van der Waals surface area (Å²) in [4.78, 5) is -0.737. The van der Waals surface area contributed by atoms with Gasteiger partial charge < -0.3 is 0 Å². The summed E-state index contributed by atoms with van der Waals surface area (Å²) in [5.74, 6) is 0.111. The molecule has 2 aromatic carbocycles. The highest BCUT2D eigenvalue weighted by molar-refractivity contribution is 7.89. The van der Waals surface area contributed by atoms with Gasteiger partial charge in [-0.15, -0.1) is 0 Å². The van der Waals surface area contributed by atoms with Crippen LogP contribution in [0.2, 0.25) is 0 Å². The quantitative estimate of drug-likeness (QED) is 0.876. The van der Waals surface area contributed by atoms with Crippen molar-refractivity contribution in [2.45, 2.75) is 30.0 Å². The van der Waals surface area contributed by atoms with E-state index in [9.17, 15) is 21.6 Å². The number of nitrogens with one attached hydrogen (secondary N) is 1. The zero-order chi connectivity index (χ0) is 17.4.